The van der Waals surface area contributed by atoms with E-state index in [1.54, 1.807) is 11.8 Å². The summed E-state index contributed by atoms with van der Waals surface area (Å²) >= 11 is 0. The van der Waals surface area contributed by atoms with E-state index < -0.39 is 17.9 Å². The molecule has 0 N–H and O–H groups in total. The van der Waals surface area contributed by atoms with E-state index in [-0.39, 0.29) is 12.5 Å². The number of rotatable bonds is 8. The molecule has 0 unspecified atom stereocenters. The molecule has 0 fully saturated rings. The highest BCUT2D eigenvalue weighted by Crippen LogP contribution is 2.41. The molecule has 0 spiro atoms. The van der Waals surface area contributed by atoms with Crippen molar-refractivity contribution in [2.45, 2.75) is 26.3 Å². The lowest BCUT2D eigenvalue weighted by molar-refractivity contribution is -0.153. The lowest BCUT2D eigenvalue weighted by atomic mass is 9.89. The second-order valence-electron chi connectivity index (χ2n) is 8.67. The summed E-state index contributed by atoms with van der Waals surface area (Å²) < 4.78 is 13.1. The van der Waals surface area contributed by atoms with Gasteiger partial charge in [0.2, 0.25) is 11.9 Å². The number of imidazole rings is 1. The van der Waals surface area contributed by atoms with Crippen molar-refractivity contribution in [1.29, 1.82) is 0 Å². The van der Waals surface area contributed by atoms with Crippen LogP contribution in [0.25, 0.3) is 11.0 Å². The van der Waals surface area contributed by atoms with Crippen LogP contribution in [0.3, 0.4) is 0 Å². The van der Waals surface area contributed by atoms with Crippen molar-refractivity contribution < 1.29 is 19.1 Å². The third-order valence-corrected chi connectivity index (χ3v) is 6.48. The van der Waals surface area contributed by atoms with Crippen molar-refractivity contribution in [3.8, 4) is 5.75 Å². The zero-order valence-corrected chi connectivity index (χ0v) is 20.5. The Balaban J connectivity index is 1.65. The third-order valence-electron chi connectivity index (χ3n) is 6.48. The minimum atomic E-state index is -1.04. The molecule has 3 aromatic carbocycles. The van der Waals surface area contributed by atoms with Crippen molar-refractivity contribution in [2.75, 3.05) is 24.7 Å². The molecule has 7 heteroatoms. The van der Waals surface area contributed by atoms with E-state index in [1.807, 2.05) is 90.4 Å². The number of esters is 1. The average molecular weight is 484 g/mol. The largest absolute Gasteiger partial charge is 0.494 e. The molecule has 2 heterocycles. The lowest BCUT2D eigenvalue weighted by Gasteiger charge is -2.38. The number of benzene rings is 3. The molecule has 1 aliphatic rings. The lowest BCUT2D eigenvalue weighted by Crippen LogP contribution is -2.50. The molecule has 1 aliphatic heterocycles. The van der Waals surface area contributed by atoms with E-state index in [0.717, 1.165) is 27.9 Å². The maximum absolute atomic E-state index is 14.0. The molecule has 5 rings (SSSR count). The van der Waals surface area contributed by atoms with Gasteiger partial charge >= 0.3 is 5.97 Å². The Labute approximate surface area is 210 Å². The first-order chi connectivity index (χ1) is 17.6. The monoisotopic (exact) mass is 483 g/mol. The number of amides is 1. The number of carbonyl (C=O) groups excluding carboxylic acids is 2. The standard InChI is InChI=1S/C29H29N3O4/c1-3-35-22-16-14-21(15-17-22)26-25(28(34)36-4-2)27(33)31(19-18-20-10-6-5-7-11-20)29-30-23-12-8-9-13-24(23)32(26)29/h5-17,25-26H,3-4,18-19H2,1-2H3/t25-,26-/m0/s1. The minimum Gasteiger partial charge on any atom is -0.494 e. The molecule has 184 valence electrons. The van der Waals surface area contributed by atoms with Gasteiger partial charge in [-0.2, -0.15) is 0 Å². The molecule has 0 saturated heterocycles. The van der Waals surface area contributed by atoms with Crippen molar-refractivity contribution in [2.24, 2.45) is 5.92 Å². The fraction of sp³-hybridized carbons (Fsp3) is 0.276. The van der Waals surface area contributed by atoms with E-state index in [4.69, 9.17) is 14.5 Å². The molecule has 0 radical (unpaired) electrons. The number of nitrogens with zero attached hydrogens (tertiary/aromatic N) is 3. The first kappa shape index (κ1) is 23.6. The zero-order valence-electron chi connectivity index (χ0n) is 20.5. The molecule has 1 amide bonds. The number of aromatic nitrogens is 2. The molecule has 0 saturated carbocycles. The summed E-state index contributed by atoms with van der Waals surface area (Å²) in [6, 6.07) is 24.7. The van der Waals surface area contributed by atoms with Gasteiger partial charge in [0.05, 0.1) is 30.3 Å². The first-order valence-electron chi connectivity index (χ1n) is 12.3. The van der Waals surface area contributed by atoms with Crippen LogP contribution in [0.2, 0.25) is 0 Å². The predicted molar refractivity (Wildman–Crippen MR) is 138 cm³/mol. The summed E-state index contributed by atoms with van der Waals surface area (Å²) in [5.41, 5.74) is 3.55. The summed E-state index contributed by atoms with van der Waals surface area (Å²) in [6.07, 6.45) is 0.638. The van der Waals surface area contributed by atoms with E-state index in [0.29, 0.717) is 25.5 Å². The molecular formula is C29H29N3O4. The maximum Gasteiger partial charge on any atom is 0.321 e. The van der Waals surface area contributed by atoms with Crippen molar-refractivity contribution in [3.63, 3.8) is 0 Å². The molecule has 7 nitrogen and oxygen atoms in total. The van der Waals surface area contributed by atoms with Gasteiger partial charge in [-0.05, 0) is 55.7 Å². The Morgan fingerprint density at radius 1 is 0.917 bits per heavy atom. The molecule has 4 aromatic rings. The number of para-hydroxylation sites is 2. The molecule has 0 aliphatic carbocycles. The predicted octanol–water partition coefficient (Wildman–Crippen LogP) is 4.79. The molecule has 2 atom stereocenters. The van der Waals surface area contributed by atoms with E-state index >= 15 is 0 Å². The molecule has 0 bridgehead atoms. The SMILES string of the molecule is CCOC(=O)[C@@H]1C(=O)N(CCc2ccccc2)c2nc3ccccc3n2[C@H]1c1ccc(OCC)cc1. The van der Waals surface area contributed by atoms with Crippen LogP contribution in [-0.2, 0) is 20.7 Å². The number of ether oxygens (including phenoxy) is 2. The van der Waals surface area contributed by atoms with Crippen LogP contribution < -0.4 is 9.64 Å². The maximum atomic E-state index is 14.0. The van der Waals surface area contributed by atoms with Crippen LogP contribution in [0.5, 0.6) is 5.75 Å². The summed E-state index contributed by atoms with van der Waals surface area (Å²) in [5, 5.41) is 0. The van der Waals surface area contributed by atoms with Crippen LogP contribution >= 0.6 is 0 Å². The highest BCUT2D eigenvalue weighted by atomic mass is 16.5. The number of carbonyl (C=O) groups is 2. The van der Waals surface area contributed by atoms with Crippen LogP contribution in [0.4, 0.5) is 5.95 Å². The van der Waals surface area contributed by atoms with Gasteiger partial charge in [0.15, 0.2) is 5.92 Å². The van der Waals surface area contributed by atoms with Gasteiger partial charge < -0.3 is 14.0 Å². The summed E-state index contributed by atoms with van der Waals surface area (Å²) in [4.78, 5) is 33.8. The van der Waals surface area contributed by atoms with Crippen molar-refractivity contribution in [1.82, 2.24) is 9.55 Å². The van der Waals surface area contributed by atoms with E-state index in [9.17, 15) is 9.59 Å². The van der Waals surface area contributed by atoms with E-state index in [2.05, 4.69) is 0 Å². The summed E-state index contributed by atoms with van der Waals surface area (Å²) in [6.45, 7) is 4.83. The quantitative estimate of drug-likeness (QED) is 0.266. The van der Waals surface area contributed by atoms with Crippen LogP contribution in [0.15, 0.2) is 78.9 Å². The Kier molecular flexibility index (Phi) is 6.71. The van der Waals surface area contributed by atoms with Gasteiger partial charge in [-0.3, -0.25) is 14.5 Å². The fourth-order valence-corrected chi connectivity index (χ4v) is 4.87. The second-order valence-corrected chi connectivity index (χ2v) is 8.67. The summed E-state index contributed by atoms with van der Waals surface area (Å²) in [5.74, 6) is -0.600. The van der Waals surface area contributed by atoms with Gasteiger partial charge in [-0.15, -0.1) is 0 Å². The Morgan fingerprint density at radius 3 is 2.36 bits per heavy atom. The third kappa shape index (κ3) is 4.33. The van der Waals surface area contributed by atoms with Gasteiger partial charge in [0.1, 0.15) is 5.75 Å². The van der Waals surface area contributed by atoms with Gasteiger partial charge in [0.25, 0.3) is 0 Å². The highest BCUT2D eigenvalue weighted by Gasteiger charge is 2.47. The Hall–Kier alpha value is -4.13. The second kappa shape index (κ2) is 10.2. The zero-order chi connectivity index (χ0) is 25.1. The first-order valence-corrected chi connectivity index (χ1v) is 12.3. The van der Waals surface area contributed by atoms with Crippen LogP contribution in [0, 0.1) is 5.92 Å². The molecule has 36 heavy (non-hydrogen) atoms. The van der Waals surface area contributed by atoms with Gasteiger partial charge in [-0.1, -0.05) is 54.6 Å². The smallest absolute Gasteiger partial charge is 0.321 e. The minimum absolute atomic E-state index is 0.195. The summed E-state index contributed by atoms with van der Waals surface area (Å²) in [7, 11) is 0. The highest BCUT2D eigenvalue weighted by molar-refractivity contribution is 6.08. The number of anilines is 1. The number of fused-ring (bicyclic) bond motifs is 3. The van der Waals surface area contributed by atoms with Gasteiger partial charge in [0, 0.05) is 6.54 Å². The Morgan fingerprint density at radius 2 is 1.64 bits per heavy atom. The fourth-order valence-electron chi connectivity index (χ4n) is 4.87. The topological polar surface area (TPSA) is 73.7 Å². The van der Waals surface area contributed by atoms with Crippen molar-refractivity contribution in [3.05, 3.63) is 90.0 Å². The van der Waals surface area contributed by atoms with E-state index in [1.165, 1.54) is 0 Å². The Bertz CT molecular complexity index is 1360. The molecule has 1 aromatic heterocycles. The normalized spacial score (nSPS) is 17.2. The number of hydrogen-bond acceptors (Lipinski definition) is 5. The molecular weight excluding hydrogens is 454 g/mol. The van der Waals surface area contributed by atoms with Crippen LogP contribution in [0.1, 0.15) is 31.0 Å². The van der Waals surface area contributed by atoms with Crippen molar-refractivity contribution >= 4 is 28.9 Å². The van der Waals surface area contributed by atoms with Crippen LogP contribution in [-0.4, -0.2) is 41.2 Å². The number of hydrogen-bond donors (Lipinski definition) is 0. The van der Waals surface area contributed by atoms with Gasteiger partial charge in [-0.25, -0.2) is 4.98 Å². The average Bonchev–Trinajstić information content (AvgIpc) is 3.28.